The van der Waals surface area contributed by atoms with Crippen LogP contribution in [0.2, 0.25) is 0 Å². The van der Waals surface area contributed by atoms with Crippen molar-refractivity contribution in [2.45, 2.75) is 40.0 Å². The molecule has 10 heteroatoms. The third kappa shape index (κ3) is 5.06. The smallest absolute Gasteiger partial charge is 0.419 e. The van der Waals surface area contributed by atoms with Crippen molar-refractivity contribution in [3.63, 3.8) is 0 Å². The fourth-order valence-electron chi connectivity index (χ4n) is 2.97. The van der Waals surface area contributed by atoms with E-state index in [-0.39, 0.29) is 18.3 Å². The zero-order chi connectivity index (χ0) is 22.9. The number of ether oxygens (including phenoxy) is 3. The molecule has 166 valence electrons. The Morgan fingerprint density at radius 3 is 2.52 bits per heavy atom. The summed E-state index contributed by atoms with van der Waals surface area (Å²) in [6.07, 6.45) is 0.923. The number of ketones is 1. The first-order valence-electron chi connectivity index (χ1n) is 9.53. The highest BCUT2D eigenvalue weighted by molar-refractivity contribution is 14.1. The number of aromatic nitrogens is 3. The van der Waals surface area contributed by atoms with E-state index in [4.69, 9.17) is 14.2 Å². The van der Waals surface area contributed by atoms with Gasteiger partial charge < -0.3 is 14.2 Å². The van der Waals surface area contributed by atoms with E-state index in [1.165, 1.54) is 10.8 Å². The van der Waals surface area contributed by atoms with Crippen molar-refractivity contribution in [3.8, 4) is 5.75 Å². The van der Waals surface area contributed by atoms with E-state index in [2.05, 4.69) is 50.2 Å². The Hall–Kier alpha value is -1.67. The van der Waals surface area contributed by atoms with E-state index in [9.17, 15) is 9.59 Å². The maximum atomic E-state index is 13.5. The average molecular weight is 651 g/mol. The number of fused-ring (bicyclic) bond motifs is 1. The van der Waals surface area contributed by atoms with Crippen LogP contribution in [0.25, 0.3) is 10.9 Å². The molecule has 0 aliphatic heterocycles. The first-order chi connectivity index (χ1) is 14.6. The molecule has 8 nitrogen and oxygen atoms in total. The number of methoxy groups -OCH3 is 1. The molecule has 0 aliphatic carbocycles. The molecule has 2 heterocycles. The van der Waals surface area contributed by atoms with E-state index in [1.54, 1.807) is 50.6 Å². The summed E-state index contributed by atoms with van der Waals surface area (Å²) >= 11 is 4.23. The molecule has 1 aromatic carbocycles. The molecule has 0 N–H and O–H groups in total. The van der Waals surface area contributed by atoms with Gasteiger partial charge in [-0.25, -0.2) is 9.78 Å². The van der Waals surface area contributed by atoms with Gasteiger partial charge >= 0.3 is 6.09 Å². The van der Waals surface area contributed by atoms with Crippen LogP contribution in [-0.2, 0) is 16.2 Å². The summed E-state index contributed by atoms with van der Waals surface area (Å²) in [5, 5.41) is 0.604. The van der Waals surface area contributed by atoms with Crippen LogP contribution < -0.4 is 4.74 Å². The fraction of sp³-hybridized carbons (Fsp3) is 0.381. The molecule has 0 saturated carbocycles. The first kappa shape index (κ1) is 24.0. The quantitative estimate of drug-likeness (QED) is 0.274. The van der Waals surface area contributed by atoms with Gasteiger partial charge in [0.05, 0.1) is 18.2 Å². The summed E-state index contributed by atoms with van der Waals surface area (Å²) in [4.78, 5) is 30.9. The molecule has 0 fully saturated rings. The number of nitrogens with zero attached hydrogens (tertiary/aromatic N) is 3. The number of rotatable bonds is 6. The van der Waals surface area contributed by atoms with Crippen molar-refractivity contribution in [2.24, 2.45) is 0 Å². The summed E-state index contributed by atoms with van der Waals surface area (Å²) in [6, 6.07) is 5.21. The second-order valence-corrected chi connectivity index (χ2v) is 9.72. The Kier molecular flexibility index (Phi) is 7.31. The normalized spacial score (nSPS) is 11.7. The van der Waals surface area contributed by atoms with E-state index < -0.39 is 11.7 Å². The van der Waals surface area contributed by atoms with E-state index >= 15 is 0 Å². The van der Waals surface area contributed by atoms with E-state index in [0.29, 0.717) is 32.5 Å². The molecule has 0 bridgehead atoms. The second kappa shape index (κ2) is 9.45. The molecule has 0 saturated heterocycles. The lowest BCUT2D eigenvalue weighted by Gasteiger charge is -2.19. The minimum atomic E-state index is -0.684. The van der Waals surface area contributed by atoms with Crippen molar-refractivity contribution in [2.75, 3.05) is 13.7 Å². The standard InChI is InChI=1S/C21H23I2N3O5/c1-6-30-11-26-18(23)17(22)24-19(26)16(27)14-10-25(20(28)31-21(2,3)4)15-9-12(29-5)7-8-13(14)15/h7-10H,6,11H2,1-5H3. The Balaban J connectivity index is 2.16. The minimum Gasteiger partial charge on any atom is -0.497 e. The summed E-state index contributed by atoms with van der Waals surface area (Å²) in [7, 11) is 1.54. The number of benzene rings is 1. The van der Waals surface area contributed by atoms with Crippen molar-refractivity contribution in [1.82, 2.24) is 14.1 Å². The first-order valence-corrected chi connectivity index (χ1v) is 11.7. The lowest BCUT2D eigenvalue weighted by molar-refractivity contribution is 0.0544. The number of carbonyl (C=O) groups excluding carboxylic acids is 2. The van der Waals surface area contributed by atoms with E-state index in [1.807, 2.05) is 6.92 Å². The number of halogens is 2. The molecule has 3 rings (SSSR count). The maximum absolute atomic E-state index is 13.5. The van der Waals surface area contributed by atoms with Crippen molar-refractivity contribution in [1.29, 1.82) is 0 Å². The monoisotopic (exact) mass is 651 g/mol. The third-order valence-corrected chi connectivity index (χ3v) is 7.22. The van der Waals surface area contributed by atoms with Gasteiger partial charge in [-0.15, -0.1) is 0 Å². The van der Waals surface area contributed by atoms with Crippen LogP contribution in [0.3, 0.4) is 0 Å². The van der Waals surface area contributed by atoms with Crippen LogP contribution in [-0.4, -0.2) is 45.3 Å². The van der Waals surface area contributed by atoms with Crippen LogP contribution in [0, 0.1) is 7.40 Å². The Morgan fingerprint density at radius 2 is 1.90 bits per heavy atom. The van der Waals surface area contributed by atoms with Crippen molar-refractivity contribution in [3.05, 3.63) is 43.2 Å². The second-order valence-electron chi connectivity index (χ2n) is 7.67. The minimum absolute atomic E-state index is 0.213. The molecule has 0 unspecified atom stereocenters. The Morgan fingerprint density at radius 1 is 1.19 bits per heavy atom. The van der Waals surface area contributed by atoms with Crippen LogP contribution >= 0.6 is 45.2 Å². The largest absolute Gasteiger partial charge is 0.497 e. The molecule has 0 amide bonds. The van der Waals surface area contributed by atoms with Gasteiger partial charge in [-0.05, 0) is 85.0 Å². The molecule has 31 heavy (non-hydrogen) atoms. The van der Waals surface area contributed by atoms with Crippen molar-refractivity contribution >= 4 is 68.0 Å². The zero-order valence-electron chi connectivity index (χ0n) is 17.9. The predicted molar refractivity (Wildman–Crippen MR) is 133 cm³/mol. The Bertz CT molecular complexity index is 1140. The van der Waals surface area contributed by atoms with Gasteiger partial charge in [0.2, 0.25) is 5.78 Å². The van der Waals surface area contributed by atoms with Crippen LogP contribution in [0.4, 0.5) is 4.79 Å². The van der Waals surface area contributed by atoms with Crippen LogP contribution in [0.1, 0.15) is 43.9 Å². The highest BCUT2D eigenvalue weighted by Crippen LogP contribution is 2.29. The number of hydrogen-bond donors (Lipinski definition) is 0. The highest BCUT2D eigenvalue weighted by Gasteiger charge is 2.27. The summed E-state index contributed by atoms with van der Waals surface area (Å²) in [5.41, 5.74) is 0.180. The molecule has 0 atom stereocenters. The number of imidazole rings is 1. The topological polar surface area (TPSA) is 84.6 Å². The lowest BCUT2D eigenvalue weighted by atomic mass is 10.1. The van der Waals surface area contributed by atoms with Gasteiger partial charge in [0.15, 0.2) is 5.82 Å². The van der Waals surface area contributed by atoms with Crippen LogP contribution in [0.15, 0.2) is 24.4 Å². The van der Waals surface area contributed by atoms with Gasteiger partial charge in [0.25, 0.3) is 0 Å². The third-order valence-electron chi connectivity index (χ3n) is 4.34. The number of carbonyl (C=O) groups is 2. The molecule has 0 spiro atoms. The predicted octanol–water partition coefficient (Wildman–Crippen LogP) is 5.06. The summed E-state index contributed by atoms with van der Waals surface area (Å²) < 4.78 is 21.0. The van der Waals surface area contributed by atoms with E-state index in [0.717, 1.165) is 3.70 Å². The maximum Gasteiger partial charge on any atom is 0.419 e. The molecule has 0 radical (unpaired) electrons. The van der Waals surface area contributed by atoms with Gasteiger partial charge in [-0.2, -0.15) is 0 Å². The molecular weight excluding hydrogens is 628 g/mol. The molecule has 3 aromatic rings. The number of hydrogen-bond acceptors (Lipinski definition) is 6. The van der Waals surface area contributed by atoms with Crippen molar-refractivity contribution < 1.29 is 23.8 Å². The van der Waals surface area contributed by atoms with Gasteiger partial charge in [0, 0.05) is 24.3 Å². The van der Waals surface area contributed by atoms with Gasteiger partial charge in [-0.3, -0.25) is 13.9 Å². The fourth-order valence-corrected chi connectivity index (χ4v) is 3.98. The summed E-state index contributed by atoms with van der Waals surface area (Å²) in [6.45, 7) is 7.98. The molecule has 2 aromatic heterocycles. The Labute approximate surface area is 207 Å². The zero-order valence-corrected chi connectivity index (χ0v) is 22.2. The van der Waals surface area contributed by atoms with Gasteiger partial charge in [0.1, 0.15) is 25.5 Å². The average Bonchev–Trinajstić information content (AvgIpc) is 3.22. The SMILES string of the molecule is CCOCn1c(C(=O)c2cn(C(=O)OC(C)(C)C)c3cc(OC)ccc23)nc(I)c1I. The lowest BCUT2D eigenvalue weighted by Crippen LogP contribution is -2.26. The molecular formula is C21H23I2N3O5. The highest BCUT2D eigenvalue weighted by atomic mass is 127. The molecule has 0 aliphatic rings. The van der Waals surface area contributed by atoms with Crippen LogP contribution in [0.5, 0.6) is 5.75 Å². The van der Waals surface area contributed by atoms with Gasteiger partial charge in [-0.1, -0.05) is 0 Å². The summed E-state index contributed by atoms with van der Waals surface area (Å²) in [5.74, 6) is 0.510.